The summed E-state index contributed by atoms with van der Waals surface area (Å²) in [6, 6.07) is 4.51. The van der Waals surface area contributed by atoms with E-state index < -0.39 is 15.6 Å². The first-order chi connectivity index (χ1) is 9.80. The molecule has 1 aliphatic rings. The number of methoxy groups -OCH3 is 1. The highest BCUT2D eigenvalue weighted by molar-refractivity contribution is 7.89. The fraction of sp³-hybridized carbons (Fsp3) is 0.571. The Kier molecular flexibility index (Phi) is 4.57. The van der Waals surface area contributed by atoms with E-state index in [1.165, 1.54) is 23.5 Å². The van der Waals surface area contributed by atoms with Gasteiger partial charge >= 0.3 is 0 Å². The standard InChI is InChI=1S/C14H21NO5S/c1-14(2)10-15(6-7-20-14)21(17,18)12-4-5-13(19-3)11(8-12)9-16/h4-5,8,16H,6-7,9-10H2,1-3H3. The molecule has 1 aliphatic heterocycles. The summed E-state index contributed by atoms with van der Waals surface area (Å²) in [6.45, 7) is 4.45. The smallest absolute Gasteiger partial charge is 0.243 e. The second-order valence-electron chi connectivity index (χ2n) is 5.58. The summed E-state index contributed by atoms with van der Waals surface area (Å²) in [5, 5.41) is 9.32. The number of rotatable bonds is 4. The Morgan fingerprint density at radius 2 is 2.14 bits per heavy atom. The highest BCUT2D eigenvalue weighted by atomic mass is 32.2. The molecule has 0 unspecified atom stereocenters. The van der Waals surface area contributed by atoms with Crippen molar-refractivity contribution in [2.24, 2.45) is 0 Å². The topological polar surface area (TPSA) is 76.1 Å². The van der Waals surface area contributed by atoms with Crippen LogP contribution in [0.3, 0.4) is 0 Å². The van der Waals surface area contributed by atoms with Crippen molar-refractivity contribution in [1.29, 1.82) is 0 Å². The summed E-state index contributed by atoms with van der Waals surface area (Å²) >= 11 is 0. The minimum atomic E-state index is -3.60. The first-order valence-corrected chi connectivity index (χ1v) is 8.16. The molecule has 6 nitrogen and oxygen atoms in total. The minimum Gasteiger partial charge on any atom is -0.496 e. The maximum Gasteiger partial charge on any atom is 0.243 e. The Morgan fingerprint density at radius 1 is 1.43 bits per heavy atom. The molecule has 118 valence electrons. The van der Waals surface area contributed by atoms with Gasteiger partial charge in [-0.2, -0.15) is 4.31 Å². The van der Waals surface area contributed by atoms with Crippen molar-refractivity contribution in [3.8, 4) is 5.75 Å². The number of morpholine rings is 1. The van der Waals surface area contributed by atoms with Crippen molar-refractivity contribution in [3.63, 3.8) is 0 Å². The zero-order chi connectivity index (χ0) is 15.7. The van der Waals surface area contributed by atoms with E-state index in [9.17, 15) is 13.5 Å². The van der Waals surface area contributed by atoms with Gasteiger partial charge in [-0.25, -0.2) is 8.42 Å². The number of hydrogen-bond acceptors (Lipinski definition) is 5. The third kappa shape index (κ3) is 3.37. The van der Waals surface area contributed by atoms with E-state index in [2.05, 4.69) is 0 Å². The van der Waals surface area contributed by atoms with Gasteiger partial charge in [0.2, 0.25) is 10.0 Å². The molecule has 0 aliphatic carbocycles. The fourth-order valence-corrected chi connectivity index (χ4v) is 3.99. The summed E-state index contributed by atoms with van der Waals surface area (Å²) in [5.74, 6) is 0.471. The van der Waals surface area contributed by atoms with Crippen molar-refractivity contribution in [2.45, 2.75) is 31.0 Å². The number of aliphatic hydroxyl groups is 1. The molecule has 0 amide bonds. The number of ether oxygens (including phenoxy) is 2. The first-order valence-electron chi connectivity index (χ1n) is 6.72. The second-order valence-corrected chi connectivity index (χ2v) is 7.52. The summed E-state index contributed by atoms with van der Waals surface area (Å²) in [4.78, 5) is 0.157. The average molecular weight is 315 g/mol. The van der Waals surface area contributed by atoms with Crippen LogP contribution < -0.4 is 4.74 Å². The molecule has 0 radical (unpaired) electrons. The minimum absolute atomic E-state index is 0.157. The number of hydrogen-bond donors (Lipinski definition) is 1. The van der Waals surface area contributed by atoms with Gasteiger partial charge in [-0.1, -0.05) is 0 Å². The molecule has 21 heavy (non-hydrogen) atoms. The lowest BCUT2D eigenvalue weighted by Gasteiger charge is -2.37. The molecule has 1 heterocycles. The van der Waals surface area contributed by atoms with Crippen LogP contribution >= 0.6 is 0 Å². The molecule has 0 bridgehead atoms. The highest BCUT2D eigenvalue weighted by Crippen LogP contribution is 2.27. The Labute approximate surface area is 125 Å². The highest BCUT2D eigenvalue weighted by Gasteiger charge is 2.35. The number of aliphatic hydroxyl groups excluding tert-OH is 1. The van der Waals surface area contributed by atoms with Crippen molar-refractivity contribution in [1.82, 2.24) is 4.31 Å². The van der Waals surface area contributed by atoms with E-state index in [0.29, 0.717) is 31.0 Å². The number of nitrogens with zero attached hydrogens (tertiary/aromatic N) is 1. The van der Waals surface area contributed by atoms with Gasteiger partial charge in [0.05, 0.1) is 30.8 Å². The van der Waals surface area contributed by atoms with Gasteiger partial charge in [0.1, 0.15) is 5.75 Å². The van der Waals surface area contributed by atoms with Crippen molar-refractivity contribution < 1.29 is 23.0 Å². The lowest BCUT2D eigenvalue weighted by Crippen LogP contribution is -2.50. The molecular formula is C14H21NO5S. The summed E-state index contributed by atoms with van der Waals surface area (Å²) in [7, 11) is -2.12. The van der Waals surface area contributed by atoms with Crippen LogP contribution in [0.15, 0.2) is 23.1 Å². The molecule has 1 fully saturated rings. The molecule has 1 aromatic carbocycles. The largest absolute Gasteiger partial charge is 0.496 e. The van der Waals surface area contributed by atoms with Gasteiger partial charge in [-0.15, -0.1) is 0 Å². The molecule has 1 N–H and O–H groups in total. The summed E-state index contributed by atoms with van der Waals surface area (Å²) < 4.78 is 37.4. The molecule has 0 spiro atoms. The van der Waals surface area contributed by atoms with Crippen LogP contribution in [0.25, 0.3) is 0 Å². The van der Waals surface area contributed by atoms with E-state index in [0.717, 1.165) is 0 Å². The molecule has 2 rings (SSSR count). The van der Waals surface area contributed by atoms with Crippen LogP contribution in [0.1, 0.15) is 19.4 Å². The Hall–Kier alpha value is -1.15. The van der Waals surface area contributed by atoms with E-state index in [4.69, 9.17) is 9.47 Å². The van der Waals surface area contributed by atoms with Gasteiger partial charge in [-0.3, -0.25) is 0 Å². The van der Waals surface area contributed by atoms with Crippen LogP contribution in [-0.2, 0) is 21.4 Å². The fourth-order valence-electron chi connectivity index (χ4n) is 2.37. The first kappa shape index (κ1) is 16.2. The number of sulfonamides is 1. The van der Waals surface area contributed by atoms with Crippen LogP contribution in [0.4, 0.5) is 0 Å². The molecule has 1 aromatic rings. The van der Waals surface area contributed by atoms with Crippen molar-refractivity contribution >= 4 is 10.0 Å². The van der Waals surface area contributed by atoms with Gasteiger partial charge in [0.15, 0.2) is 0 Å². The third-order valence-electron chi connectivity index (χ3n) is 3.45. The van der Waals surface area contributed by atoms with Crippen molar-refractivity contribution in [2.75, 3.05) is 26.8 Å². The van der Waals surface area contributed by atoms with Gasteiger partial charge in [0, 0.05) is 18.7 Å². The summed E-state index contributed by atoms with van der Waals surface area (Å²) in [5.41, 5.74) is -0.0523. The second kappa shape index (κ2) is 5.92. The molecular weight excluding hydrogens is 294 g/mol. The third-order valence-corrected chi connectivity index (χ3v) is 5.29. The molecule has 7 heteroatoms. The van der Waals surface area contributed by atoms with Crippen LogP contribution in [0.2, 0.25) is 0 Å². The lowest BCUT2D eigenvalue weighted by atomic mass is 10.1. The van der Waals surface area contributed by atoms with E-state index in [1.807, 2.05) is 13.8 Å². The maximum absolute atomic E-state index is 12.7. The van der Waals surface area contributed by atoms with Crippen LogP contribution in [-0.4, -0.2) is 50.2 Å². The van der Waals surface area contributed by atoms with Gasteiger partial charge in [0.25, 0.3) is 0 Å². The Morgan fingerprint density at radius 3 is 2.71 bits per heavy atom. The van der Waals surface area contributed by atoms with Crippen LogP contribution in [0, 0.1) is 0 Å². The van der Waals surface area contributed by atoms with E-state index in [-0.39, 0.29) is 11.5 Å². The lowest BCUT2D eigenvalue weighted by molar-refractivity contribution is -0.0640. The van der Waals surface area contributed by atoms with E-state index >= 15 is 0 Å². The predicted octanol–water partition coefficient (Wildman–Crippen LogP) is 0.987. The zero-order valence-corrected chi connectivity index (χ0v) is 13.3. The predicted molar refractivity (Wildman–Crippen MR) is 77.7 cm³/mol. The Bertz CT molecular complexity index is 612. The molecule has 1 saturated heterocycles. The SMILES string of the molecule is COc1ccc(S(=O)(=O)N2CCOC(C)(C)C2)cc1CO. The monoisotopic (exact) mass is 315 g/mol. The molecule has 0 saturated carbocycles. The van der Waals surface area contributed by atoms with Crippen molar-refractivity contribution in [3.05, 3.63) is 23.8 Å². The van der Waals surface area contributed by atoms with E-state index in [1.54, 1.807) is 6.07 Å². The zero-order valence-electron chi connectivity index (χ0n) is 12.5. The average Bonchev–Trinajstić information content (AvgIpc) is 2.45. The van der Waals surface area contributed by atoms with Gasteiger partial charge < -0.3 is 14.6 Å². The normalized spacial score (nSPS) is 19.4. The van der Waals surface area contributed by atoms with Crippen LogP contribution in [0.5, 0.6) is 5.75 Å². The molecule has 0 atom stereocenters. The molecule has 0 aromatic heterocycles. The quantitative estimate of drug-likeness (QED) is 0.896. The van der Waals surface area contributed by atoms with Gasteiger partial charge in [-0.05, 0) is 32.0 Å². The number of benzene rings is 1. The Balaban J connectivity index is 2.35. The summed E-state index contributed by atoms with van der Waals surface area (Å²) in [6.07, 6.45) is 0. The maximum atomic E-state index is 12.7.